The highest BCUT2D eigenvalue weighted by atomic mass is 16.5. The molecule has 1 atom stereocenters. The molecule has 1 unspecified atom stereocenters. The lowest BCUT2D eigenvalue weighted by atomic mass is 10.2. The zero-order valence-corrected chi connectivity index (χ0v) is 13.9. The highest BCUT2D eigenvalue weighted by Gasteiger charge is 2.21. The minimum absolute atomic E-state index is 0.139. The van der Waals surface area contributed by atoms with E-state index in [4.69, 9.17) is 14.6 Å². The zero-order valence-electron chi connectivity index (χ0n) is 13.9. The van der Waals surface area contributed by atoms with Crippen molar-refractivity contribution in [2.24, 2.45) is 0 Å². The van der Waals surface area contributed by atoms with E-state index in [-0.39, 0.29) is 5.91 Å². The minimum Gasteiger partial charge on any atom is -0.481 e. The molecule has 2 heterocycles. The first-order chi connectivity index (χ1) is 12.1. The molecular weight excluding hydrogens is 326 g/mol. The van der Waals surface area contributed by atoms with Gasteiger partial charge >= 0.3 is 0 Å². The van der Waals surface area contributed by atoms with Gasteiger partial charge in [0.2, 0.25) is 0 Å². The smallest absolute Gasteiger partial charge is 0.300 e. The Bertz CT molecular complexity index is 679. The molecule has 1 saturated heterocycles. The number of morpholine rings is 1. The average molecular weight is 347 g/mol. The number of carbonyl (C=O) groups excluding carboxylic acids is 1. The van der Waals surface area contributed by atoms with Crippen molar-refractivity contribution in [2.45, 2.75) is 19.6 Å². The number of carbonyl (C=O) groups is 2. The highest BCUT2D eigenvalue weighted by molar-refractivity contribution is 5.81. The molecule has 4 N–H and O–H groups in total. The summed E-state index contributed by atoms with van der Waals surface area (Å²) in [6, 6.07) is 9.68. The molecule has 134 valence electrons. The Morgan fingerprint density at radius 2 is 2.08 bits per heavy atom. The summed E-state index contributed by atoms with van der Waals surface area (Å²) >= 11 is 0. The lowest BCUT2D eigenvalue weighted by Gasteiger charge is -2.22. The Kier molecular flexibility index (Phi) is 7.05. The van der Waals surface area contributed by atoms with Gasteiger partial charge in [-0.15, -0.1) is 0 Å². The second-order valence-corrected chi connectivity index (χ2v) is 5.27. The summed E-state index contributed by atoms with van der Waals surface area (Å²) < 4.78 is 5.38. The van der Waals surface area contributed by atoms with Crippen molar-refractivity contribution in [3.63, 3.8) is 0 Å². The number of carboxylic acids is 1. The topological polar surface area (TPSA) is 129 Å². The first-order valence-electron chi connectivity index (χ1n) is 7.82. The maximum Gasteiger partial charge on any atom is 0.300 e. The monoisotopic (exact) mass is 347 g/mol. The van der Waals surface area contributed by atoms with E-state index >= 15 is 0 Å². The van der Waals surface area contributed by atoms with Gasteiger partial charge in [0.25, 0.3) is 11.9 Å². The number of nitrogens with one attached hydrogen (secondary N) is 3. The lowest BCUT2D eigenvalue weighted by molar-refractivity contribution is -0.135. The van der Waals surface area contributed by atoms with Crippen molar-refractivity contribution >= 4 is 11.9 Å². The Hall–Kier alpha value is -2.78. The third kappa shape index (κ3) is 6.32. The predicted octanol–water partition coefficient (Wildman–Crippen LogP) is 0.167. The number of benzene rings is 1. The third-order valence-corrected chi connectivity index (χ3v) is 3.21. The van der Waals surface area contributed by atoms with Gasteiger partial charge in [-0.25, -0.2) is 4.98 Å². The van der Waals surface area contributed by atoms with Crippen LogP contribution >= 0.6 is 0 Å². The fourth-order valence-electron chi connectivity index (χ4n) is 2.11. The van der Waals surface area contributed by atoms with Crippen molar-refractivity contribution in [2.75, 3.05) is 19.7 Å². The fourth-order valence-corrected chi connectivity index (χ4v) is 2.11. The van der Waals surface area contributed by atoms with Gasteiger partial charge in [-0.05, 0) is 0 Å². The molecule has 1 aromatic carbocycles. The summed E-state index contributed by atoms with van der Waals surface area (Å²) in [4.78, 5) is 25.3. The maximum atomic E-state index is 11.9. The normalized spacial score (nSPS) is 16.4. The molecule has 2 aromatic rings. The number of ether oxygens (including phenoxy) is 1. The number of aromatic amines is 1. The van der Waals surface area contributed by atoms with Crippen LogP contribution in [0.25, 0.3) is 11.4 Å². The number of nitrogens with zero attached hydrogens (tertiary/aromatic N) is 2. The number of hydrogen-bond acceptors (Lipinski definition) is 6. The molecule has 0 radical (unpaired) electrons. The van der Waals surface area contributed by atoms with Crippen molar-refractivity contribution < 1.29 is 19.4 Å². The van der Waals surface area contributed by atoms with E-state index in [0.29, 0.717) is 31.3 Å². The van der Waals surface area contributed by atoms with Crippen LogP contribution in [0.3, 0.4) is 0 Å². The summed E-state index contributed by atoms with van der Waals surface area (Å²) in [5, 5.41) is 20.3. The number of hydrogen-bond donors (Lipinski definition) is 4. The SMILES string of the molecule is CC(=O)O.O=C(NCc1nc(-c2ccccc2)n[nH]1)C1CNCCO1. The predicted molar refractivity (Wildman–Crippen MR) is 89.6 cm³/mol. The largest absolute Gasteiger partial charge is 0.481 e. The van der Waals surface area contributed by atoms with E-state index in [2.05, 4.69) is 25.8 Å². The van der Waals surface area contributed by atoms with E-state index in [1.54, 1.807) is 0 Å². The summed E-state index contributed by atoms with van der Waals surface area (Å²) in [6.07, 6.45) is -0.435. The van der Waals surface area contributed by atoms with E-state index in [0.717, 1.165) is 19.0 Å². The number of amides is 1. The van der Waals surface area contributed by atoms with Gasteiger partial charge in [-0.2, -0.15) is 5.10 Å². The fraction of sp³-hybridized carbons (Fsp3) is 0.375. The van der Waals surface area contributed by atoms with Crippen molar-refractivity contribution in [3.8, 4) is 11.4 Å². The highest BCUT2D eigenvalue weighted by Crippen LogP contribution is 2.13. The third-order valence-electron chi connectivity index (χ3n) is 3.21. The van der Waals surface area contributed by atoms with E-state index in [9.17, 15) is 4.79 Å². The minimum atomic E-state index is -0.833. The molecule has 1 amide bonds. The molecule has 9 nitrogen and oxygen atoms in total. The molecule has 1 aliphatic rings. The van der Waals surface area contributed by atoms with Crippen LogP contribution in [0, 0.1) is 0 Å². The number of aliphatic carboxylic acids is 1. The Morgan fingerprint density at radius 1 is 1.36 bits per heavy atom. The molecule has 0 saturated carbocycles. The second kappa shape index (κ2) is 9.50. The molecule has 0 spiro atoms. The molecular formula is C16H21N5O4. The molecule has 9 heteroatoms. The van der Waals surface area contributed by atoms with Gasteiger partial charge in [0.1, 0.15) is 11.9 Å². The molecule has 1 aliphatic heterocycles. The van der Waals surface area contributed by atoms with E-state index < -0.39 is 12.1 Å². The van der Waals surface area contributed by atoms with Crippen molar-refractivity contribution in [3.05, 3.63) is 36.2 Å². The van der Waals surface area contributed by atoms with Crippen molar-refractivity contribution in [1.82, 2.24) is 25.8 Å². The van der Waals surface area contributed by atoms with Crippen molar-refractivity contribution in [1.29, 1.82) is 0 Å². The quantitative estimate of drug-likeness (QED) is 0.620. The number of aromatic nitrogens is 3. The summed E-state index contributed by atoms with van der Waals surface area (Å²) in [5.74, 6) is 0.265. The number of carboxylic acid groups (broad SMARTS) is 1. The van der Waals surface area contributed by atoms with Crippen LogP contribution < -0.4 is 10.6 Å². The number of rotatable bonds is 4. The lowest BCUT2D eigenvalue weighted by Crippen LogP contribution is -2.47. The van der Waals surface area contributed by atoms with Crippen LogP contribution in [-0.4, -0.2) is 58.0 Å². The Balaban J connectivity index is 0.000000511. The maximum absolute atomic E-state index is 11.9. The molecule has 3 rings (SSSR count). The van der Waals surface area contributed by atoms with Crippen LogP contribution in [0.5, 0.6) is 0 Å². The van der Waals surface area contributed by atoms with Gasteiger partial charge in [0, 0.05) is 25.6 Å². The summed E-state index contributed by atoms with van der Waals surface area (Å²) in [7, 11) is 0. The van der Waals surface area contributed by atoms with Crippen LogP contribution in [0.2, 0.25) is 0 Å². The summed E-state index contributed by atoms with van der Waals surface area (Å²) in [6.45, 7) is 3.26. The second-order valence-electron chi connectivity index (χ2n) is 5.27. The number of H-pyrrole nitrogens is 1. The van der Waals surface area contributed by atoms with Crippen LogP contribution in [0.15, 0.2) is 30.3 Å². The molecule has 1 aromatic heterocycles. The van der Waals surface area contributed by atoms with Crippen LogP contribution in [0.1, 0.15) is 12.7 Å². The van der Waals surface area contributed by atoms with Crippen LogP contribution in [-0.2, 0) is 20.9 Å². The van der Waals surface area contributed by atoms with Gasteiger partial charge in [-0.1, -0.05) is 30.3 Å². The van der Waals surface area contributed by atoms with Gasteiger partial charge < -0.3 is 20.5 Å². The average Bonchev–Trinajstić information content (AvgIpc) is 3.10. The standard InChI is InChI=1S/C14H17N5O2.C2H4O2/c20-14(11-8-15-6-7-21-11)16-9-12-17-13(19-18-12)10-4-2-1-3-5-10;1-2(3)4/h1-5,11,15H,6-9H2,(H,16,20)(H,17,18,19);1H3,(H,3,4). The Labute approximate surface area is 144 Å². The van der Waals surface area contributed by atoms with Gasteiger partial charge in [-0.3, -0.25) is 14.7 Å². The summed E-state index contributed by atoms with van der Waals surface area (Å²) in [5.41, 5.74) is 0.936. The zero-order chi connectivity index (χ0) is 18.1. The first kappa shape index (κ1) is 18.6. The van der Waals surface area contributed by atoms with Crippen LogP contribution in [0.4, 0.5) is 0 Å². The van der Waals surface area contributed by atoms with Gasteiger partial charge in [0.15, 0.2) is 5.82 Å². The molecule has 1 fully saturated rings. The Morgan fingerprint density at radius 3 is 2.72 bits per heavy atom. The first-order valence-corrected chi connectivity index (χ1v) is 7.82. The van der Waals surface area contributed by atoms with Gasteiger partial charge in [0.05, 0.1) is 13.2 Å². The molecule has 25 heavy (non-hydrogen) atoms. The van der Waals surface area contributed by atoms with E-state index in [1.165, 1.54) is 0 Å². The molecule has 0 bridgehead atoms. The van der Waals surface area contributed by atoms with E-state index in [1.807, 2.05) is 30.3 Å². The molecule has 0 aliphatic carbocycles.